The molecule has 0 aromatic heterocycles. The quantitative estimate of drug-likeness (QED) is 0.695. The molecule has 2 aromatic carbocycles. The summed E-state index contributed by atoms with van der Waals surface area (Å²) in [5.74, 6) is 0. The molecule has 0 amide bonds. The van der Waals surface area contributed by atoms with Crippen LogP contribution in [-0.4, -0.2) is 11.5 Å². The molecular formula is C15H13ClN2O3. The van der Waals surface area contributed by atoms with Crippen molar-refractivity contribution in [1.82, 2.24) is 5.32 Å². The lowest BCUT2D eigenvalue weighted by Gasteiger charge is -2.14. The van der Waals surface area contributed by atoms with Crippen molar-refractivity contribution in [2.24, 2.45) is 0 Å². The molecule has 21 heavy (non-hydrogen) atoms. The van der Waals surface area contributed by atoms with E-state index in [1.807, 2.05) is 24.3 Å². The Morgan fingerprint density at radius 3 is 2.57 bits per heavy atom. The van der Waals surface area contributed by atoms with Gasteiger partial charge in [0.1, 0.15) is 6.23 Å². The lowest BCUT2D eigenvalue weighted by Crippen LogP contribution is -2.14. The maximum atomic E-state index is 10.7. The van der Waals surface area contributed by atoms with Gasteiger partial charge in [-0.3, -0.25) is 15.4 Å². The number of non-ortho nitro benzene ring substituents is 1. The zero-order chi connectivity index (χ0) is 14.8. The number of ether oxygens (including phenoxy) is 1. The van der Waals surface area contributed by atoms with Gasteiger partial charge in [0.05, 0.1) is 11.0 Å². The number of hydrogen-bond donors (Lipinski definition) is 1. The SMILES string of the molecule is O=[N+]([O-])c1ccc([C@@H]2CN[C@H](c3ccccc3Cl)O2)cc1. The second kappa shape index (κ2) is 5.81. The fourth-order valence-electron chi connectivity index (χ4n) is 2.35. The van der Waals surface area contributed by atoms with E-state index in [2.05, 4.69) is 5.32 Å². The molecule has 2 atom stereocenters. The summed E-state index contributed by atoms with van der Waals surface area (Å²) in [6, 6.07) is 13.9. The minimum Gasteiger partial charge on any atom is -0.350 e. The third-order valence-electron chi connectivity index (χ3n) is 3.45. The molecule has 0 bridgehead atoms. The van der Waals surface area contributed by atoms with Crippen LogP contribution in [0.25, 0.3) is 0 Å². The maximum Gasteiger partial charge on any atom is 0.269 e. The molecule has 5 nitrogen and oxygen atoms in total. The van der Waals surface area contributed by atoms with Gasteiger partial charge in [-0.25, -0.2) is 0 Å². The summed E-state index contributed by atoms with van der Waals surface area (Å²) in [4.78, 5) is 10.2. The van der Waals surface area contributed by atoms with Gasteiger partial charge >= 0.3 is 0 Å². The summed E-state index contributed by atoms with van der Waals surface area (Å²) < 4.78 is 5.95. The number of nitro groups is 1. The van der Waals surface area contributed by atoms with Gasteiger partial charge in [-0.1, -0.05) is 29.8 Å². The molecule has 0 unspecified atom stereocenters. The molecule has 1 aliphatic heterocycles. The highest BCUT2D eigenvalue weighted by Gasteiger charge is 2.28. The van der Waals surface area contributed by atoms with Gasteiger partial charge in [-0.05, 0) is 23.8 Å². The summed E-state index contributed by atoms with van der Waals surface area (Å²) in [6.45, 7) is 0.633. The molecule has 0 radical (unpaired) electrons. The van der Waals surface area contributed by atoms with Crippen molar-refractivity contribution in [2.45, 2.75) is 12.3 Å². The first-order chi connectivity index (χ1) is 10.1. The number of nitrogens with zero attached hydrogens (tertiary/aromatic N) is 1. The molecule has 0 saturated carbocycles. The molecule has 1 aliphatic rings. The summed E-state index contributed by atoms with van der Waals surface area (Å²) in [6.07, 6.45) is -0.411. The first-order valence-electron chi connectivity index (χ1n) is 6.53. The maximum absolute atomic E-state index is 10.7. The standard InChI is InChI=1S/C15H13ClN2O3/c16-13-4-2-1-3-12(13)15-17-9-14(21-15)10-5-7-11(8-6-10)18(19)20/h1-8,14-15,17H,9H2/t14-,15-/m0/s1. The zero-order valence-electron chi connectivity index (χ0n) is 11.0. The van der Waals surface area contributed by atoms with Crippen LogP contribution < -0.4 is 5.32 Å². The molecule has 2 aromatic rings. The van der Waals surface area contributed by atoms with Gasteiger partial charge < -0.3 is 4.74 Å². The van der Waals surface area contributed by atoms with Crippen molar-refractivity contribution in [3.05, 3.63) is 74.8 Å². The van der Waals surface area contributed by atoms with E-state index >= 15 is 0 Å². The first kappa shape index (κ1) is 14.0. The Kier molecular flexibility index (Phi) is 3.88. The minimum atomic E-state index is -0.413. The Hall–Kier alpha value is -1.95. The van der Waals surface area contributed by atoms with E-state index in [1.165, 1.54) is 12.1 Å². The lowest BCUT2D eigenvalue weighted by molar-refractivity contribution is -0.384. The average Bonchev–Trinajstić information content (AvgIpc) is 2.97. The van der Waals surface area contributed by atoms with Gasteiger partial charge in [0.25, 0.3) is 5.69 Å². The van der Waals surface area contributed by atoms with E-state index in [4.69, 9.17) is 16.3 Å². The van der Waals surface area contributed by atoms with Crippen LogP contribution in [-0.2, 0) is 4.74 Å². The average molecular weight is 305 g/mol. The van der Waals surface area contributed by atoms with Crippen molar-refractivity contribution < 1.29 is 9.66 Å². The Morgan fingerprint density at radius 1 is 1.19 bits per heavy atom. The first-order valence-corrected chi connectivity index (χ1v) is 6.90. The van der Waals surface area contributed by atoms with Gasteiger partial charge in [0, 0.05) is 29.3 Å². The van der Waals surface area contributed by atoms with Crippen molar-refractivity contribution in [3.63, 3.8) is 0 Å². The third kappa shape index (κ3) is 2.90. The molecule has 0 aliphatic carbocycles. The monoisotopic (exact) mass is 304 g/mol. The van der Waals surface area contributed by atoms with E-state index in [0.29, 0.717) is 11.6 Å². The van der Waals surface area contributed by atoms with Crippen molar-refractivity contribution in [3.8, 4) is 0 Å². The molecule has 0 spiro atoms. The van der Waals surface area contributed by atoms with Crippen molar-refractivity contribution in [2.75, 3.05) is 6.54 Å². The van der Waals surface area contributed by atoms with Crippen LogP contribution in [0.3, 0.4) is 0 Å². The molecule has 3 rings (SSSR count). The van der Waals surface area contributed by atoms with Gasteiger partial charge in [-0.2, -0.15) is 0 Å². The highest BCUT2D eigenvalue weighted by atomic mass is 35.5. The number of hydrogen-bond acceptors (Lipinski definition) is 4. The second-order valence-corrected chi connectivity index (χ2v) is 5.19. The Bertz CT molecular complexity index is 660. The van der Waals surface area contributed by atoms with Crippen molar-refractivity contribution in [1.29, 1.82) is 0 Å². The van der Waals surface area contributed by atoms with Crippen LogP contribution in [0.15, 0.2) is 48.5 Å². The fraction of sp³-hybridized carbons (Fsp3) is 0.200. The van der Waals surface area contributed by atoms with Gasteiger partial charge in [0.2, 0.25) is 0 Å². The van der Waals surface area contributed by atoms with E-state index in [9.17, 15) is 10.1 Å². The lowest BCUT2D eigenvalue weighted by atomic mass is 10.1. The molecule has 1 heterocycles. The molecule has 6 heteroatoms. The predicted molar refractivity (Wildman–Crippen MR) is 79.1 cm³/mol. The number of nitro benzene ring substituents is 1. The van der Waals surface area contributed by atoms with E-state index in [1.54, 1.807) is 12.1 Å². The summed E-state index contributed by atoms with van der Waals surface area (Å²) >= 11 is 6.16. The van der Waals surface area contributed by atoms with Gasteiger partial charge in [-0.15, -0.1) is 0 Å². The van der Waals surface area contributed by atoms with Gasteiger partial charge in [0.15, 0.2) is 0 Å². The zero-order valence-corrected chi connectivity index (χ0v) is 11.8. The Morgan fingerprint density at radius 2 is 1.90 bits per heavy atom. The molecule has 1 saturated heterocycles. The van der Waals surface area contributed by atoms with Crippen LogP contribution in [0, 0.1) is 10.1 Å². The van der Waals surface area contributed by atoms with E-state index in [0.717, 1.165) is 11.1 Å². The summed E-state index contributed by atoms with van der Waals surface area (Å²) in [7, 11) is 0. The highest BCUT2D eigenvalue weighted by molar-refractivity contribution is 6.31. The topological polar surface area (TPSA) is 64.4 Å². The molecule has 108 valence electrons. The van der Waals surface area contributed by atoms with Crippen LogP contribution in [0.1, 0.15) is 23.5 Å². The number of benzene rings is 2. The largest absolute Gasteiger partial charge is 0.350 e. The summed E-state index contributed by atoms with van der Waals surface area (Å²) in [5.41, 5.74) is 1.87. The van der Waals surface area contributed by atoms with Crippen LogP contribution in [0.2, 0.25) is 5.02 Å². The number of halogens is 1. The highest BCUT2D eigenvalue weighted by Crippen LogP contribution is 2.33. The van der Waals surface area contributed by atoms with E-state index < -0.39 is 4.92 Å². The van der Waals surface area contributed by atoms with Crippen LogP contribution in [0.4, 0.5) is 5.69 Å². The smallest absolute Gasteiger partial charge is 0.269 e. The van der Waals surface area contributed by atoms with Crippen molar-refractivity contribution >= 4 is 17.3 Å². The summed E-state index contributed by atoms with van der Waals surface area (Å²) in [5, 5.41) is 14.6. The Balaban J connectivity index is 1.75. The Labute approximate surface area is 126 Å². The van der Waals surface area contributed by atoms with E-state index in [-0.39, 0.29) is 18.0 Å². The normalized spacial score (nSPS) is 21.4. The third-order valence-corrected chi connectivity index (χ3v) is 3.80. The molecule has 1 fully saturated rings. The molecular weight excluding hydrogens is 292 g/mol. The fourth-order valence-corrected chi connectivity index (χ4v) is 2.59. The number of rotatable bonds is 3. The van der Waals surface area contributed by atoms with Crippen LogP contribution in [0.5, 0.6) is 0 Å². The van der Waals surface area contributed by atoms with Crippen LogP contribution >= 0.6 is 11.6 Å². The second-order valence-electron chi connectivity index (χ2n) is 4.78. The number of nitrogens with one attached hydrogen (secondary N) is 1. The molecule has 1 N–H and O–H groups in total. The predicted octanol–water partition coefficient (Wildman–Crippen LogP) is 3.61. The minimum absolute atomic E-state index is 0.0763.